The molecule has 1 aliphatic heterocycles. The van der Waals surface area contributed by atoms with Crippen molar-refractivity contribution >= 4 is 17.3 Å². The molecule has 84 valence electrons. The first kappa shape index (κ1) is 10.4. The number of nitro benzene ring substituents is 1. The topological polar surface area (TPSA) is 84.3 Å². The molecular formula is C10H11N3O3. The van der Waals surface area contributed by atoms with Gasteiger partial charge in [-0.05, 0) is 18.6 Å². The van der Waals surface area contributed by atoms with Crippen molar-refractivity contribution in [1.29, 1.82) is 0 Å². The summed E-state index contributed by atoms with van der Waals surface area (Å²) in [7, 11) is 0. The second-order valence-corrected chi connectivity index (χ2v) is 3.61. The molecule has 1 fully saturated rings. The molecule has 0 spiro atoms. The van der Waals surface area contributed by atoms with E-state index in [1.165, 1.54) is 12.1 Å². The van der Waals surface area contributed by atoms with Crippen molar-refractivity contribution in [3.63, 3.8) is 0 Å². The van der Waals surface area contributed by atoms with Crippen LogP contribution in [0.5, 0.6) is 0 Å². The van der Waals surface area contributed by atoms with Gasteiger partial charge in [0.2, 0.25) is 5.91 Å². The predicted octanol–water partition coefficient (Wildman–Crippen LogP) is 1.24. The van der Waals surface area contributed by atoms with Gasteiger partial charge in [-0.25, -0.2) is 0 Å². The lowest BCUT2D eigenvalue weighted by Gasteiger charge is -2.13. The number of hydrogen-bond donors (Lipinski definition) is 2. The Morgan fingerprint density at radius 2 is 2.06 bits per heavy atom. The number of hydrogen-bond acceptors (Lipinski definition) is 4. The summed E-state index contributed by atoms with van der Waals surface area (Å²) in [6.45, 7) is 0. The number of nitrogens with zero attached hydrogens (tertiary/aromatic N) is 1. The third-order valence-corrected chi connectivity index (χ3v) is 2.41. The lowest BCUT2D eigenvalue weighted by molar-refractivity contribution is -0.384. The Hall–Kier alpha value is -2.11. The SMILES string of the molecule is O=C1CCC(Nc2ccc([N+](=O)[O-])cc2)N1. The summed E-state index contributed by atoms with van der Waals surface area (Å²) < 4.78 is 0. The van der Waals surface area contributed by atoms with E-state index in [0.717, 1.165) is 12.1 Å². The maximum Gasteiger partial charge on any atom is 0.269 e. The van der Waals surface area contributed by atoms with E-state index in [1.807, 2.05) is 0 Å². The third-order valence-electron chi connectivity index (χ3n) is 2.41. The first-order valence-corrected chi connectivity index (χ1v) is 4.95. The highest BCUT2D eigenvalue weighted by Gasteiger charge is 2.20. The Labute approximate surface area is 91.8 Å². The van der Waals surface area contributed by atoms with Gasteiger partial charge < -0.3 is 10.6 Å². The Kier molecular flexibility index (Phi) is 2.72. The van der Waals surface area contributed by atoms with Crippen molar-refractivity contribution in [3.05, 3.63) is 34.4 Å². The van der Waals surface area contributed by atoms with Crippen molar-refractivity contribution in [2.75, 3.05) is 5.32 Å². The fourth-order valence-electron chi connectivity index (χ4n) is 1.60. The molecule has 2 rings (SSSR count). The normalized spacial score (nSPS) is 19.2. The number of rotatable bonds is 3. The van der Waals surface area contributed by atoms with Gasteiger partial charge in [0.25, 0.3) is 5.69 Å². The summed E-state index contributed by atoms with van der Waals surface area (Å²) in [5.41, 5.74) is 0.818. The Morgan fingerprint density at radius 1 is 1.38 bits per heavy atom. The summed E-state index contributed by atoms with van der Waals surface area (Å²) in [6, 6.07) is 6.11. The standard InChI is InChI=1S/C10H11N3O3/c14-10-6-5-9(12-10)11-7-1-3-8(4-2-7)13(15)16/h1-4,9,11H,5-6H2,(H,12,14). The molecule has 0 radical (unpaired) electrons. The second kappa shape index (κ2) is 4.18. The van der Waals surface area contributed by atoms with Gasteiger partial charge in [-0.3, -0.25) is 14.9 Å². The molecule has 1 aromatic carbocycles. The van der Waals surface area contributed by atoms with Crippen LogP contribution < -0.4 is 10.6 Å². The van der Waals surface area contributed by atoms with Crippen LogP contribution in [0.1, 0.15) is 12.8 Å². The van der Waals surface area contributed by atoms with Crippen LogP contribution in [-0.2, 0) is 4.79 Å². The van der Waals surface area contributed by atoms with E-state index < -0.39 is 4.92 Å². The monoisotopic (exact) mass is 221 g/mol. The van der Waals surface area contributed by atoms with Gasteiger partial charge in [0.15, 0.2) is 0 Å². The molecular weight excluding hydrogens is 210 g/mol. The van der Waals surface area contributed by atoms with Gasteiger partial charge >= 0.3 is 0 Å². The van der Waals surface area contributed by atoms with E-state index in [1.54, 1.807) is 12.1 Å². The third kappa shape index (κ3) is 2.28. The molecule has 1 amide bonds. The molecule has 1 heterocycles. The number of carbonyl (C=O) groups excluding carboxylic acids is 1. The highest BCUT2D eigenvalue weighted by Crippen LogP contribution is 2.17. The molecule has 0 bridgehead atoms. The fraction of sp³-hybridized carbons (Fsp3) is 0.300. The summed E-state index contributed by atoms with van der Waals surface area (Å²) >= 11 is 0. The molecule has 0 saturated carbocycles. The first-order chi connectivity index (χ1) is 7.65. The maximum absolute atomic E-state index is 10.9. The Bertz CT molecular complexity index is 416. The van der Waals surface area contributed by atoms with Gasteiger partial charge in [-0.15, -0.1) is 0 Å². The second-order valence-electron chi connectivity index (χ2n) is 3.61. The zero-order valence-electron chi connectivity index (χ0n) is 8.47. The lowest BCUT2D eigenvalue weighted by Crippen LogP contribution is -2.32. The average Bonchev–Trinajstić information content (AvgIpc) is 2.65. The van der Waals surface area contributed by atoms with Gasteiger partial charge in [0.05, 0.1) is 11.1 Å². The number of non-ortho nitro benzene ring substituents is 1. The molecule has 1 unspecified atom stereocenters. The van der Waals surface area contributed by atoms with Gasteiger partial charge in [0, 0.05) is 24.2 Å². The smallest absolute Gasteiger partial charge is 0.269 e. The van der Waals surface area contributed by atoms with E-state index in [0.29, 0.717) is 6.42 Å². The highest BCUT2D eigenvalue weighted by molar-refractivity contribution is 5.79. The number of anilines is 1. The number of carbonyl (C=O) groups is 1. The van der Waals surface area contributed by atoms with Crippen LogP contribution >= 0.6 is 0 Å². The van der Waals surface area contributed by atoms with Crippen molar-refractivity contribution < 1.29 is 9.72 Å². The summed E-state index contributed by atoms with van der Waals surface area (Å²) in [6.07, 6.45) is 1.18. The van der Waals surface area contributed by atoms with Crippen molar-refractivity contribution in [1.82, 2.24) is 5.32 Å². The van der Waals surface area contributed by atoms with Crippen LogP contribution in [0.25, 0.3) is 0 Å². The molecule has 0 aromatic heterocycles. The molecule has 1 atom stereocenters. The fourth-order valence-corrected chi connectivity index (χ4v) is 1.60. The first-order valence-electron chi connectivity index (χ1n) is 4.95. The molecule has 1 saturated heterocycles. The van der Waals surface area contributed by atoms with E-state index >= 15 is 0 Å². The van der Waals surface area contributed by atoms with Crippen LogP contribution in [0.3, 0.4) is 0 Å². The van der Waals surface area contributed by atoms with E-state index in [2.05, 4.69) is 10.6 Å². The van der Waals surface area contributed by atoms with Crippen molar-refractivity contribution in [3.8, 4) is 0 Å². The lowest BCUT2D eigenvalue weighted by atomic mass is 10.2. The molecule has 6 nitrogen and oxygen atoms in total. The summed E-state index contributed by atoms with van der Waals surface area (Å²) in [4.78, 5) is 20.9. The van der Waals surface area contributed by atoms with E-state index in [4.69, 9.17) is 0 Å². The molecule has 1 aromatic rings. The molecule has 0 aliphatic carbocycles. The van der Waals surface area contributed by atoms with Gasteiger partial charge in [-0.1, -0.05) is 0 Å². The highest BCUT2D eigenvalue weighted by atomic mass is 16.6. The average molecular weight is 221 g/mol. The molecule has 6 heteroatoms. The van der Waals surface area contributed by atoms with Crippen molar-refractivity contribution in [2.45, 2.75) is 19.0 Å². The molecule has 2 N–H and O–H groups in total. The van der Waals surface area contributed by atoms with Crippen LogP contribution in [0.15, 0.2) is 24.3 Å². The summed E-state index contributed by atoms with van der Waals surface area (Å²) in [5.74, 6) is 0.0272. The minimum absolute atomic E-state index is 0.0272. The van der Waals surface area contributed by atoms with Gasteiger partial charge in [-0.2, -0.15) is 0 Å². The van der Waals surface area contributed by atoms with Crippen LogP contribution in [0.4, 0.5) is 11.4 Å². The van der Waals surface area contributed by atoms with E-state index in [-0.39, 0.29) is 17.8 Å². The minimum Gasteiger partial charge on any atom is -0.365 e. The predicted molar refractivity (Wildman–Crippen MR) is 57.9 cm³/mol. The Morgan fingerprint density at radius 3 is 2.56 bits per heavy atom. The Balaban J connectivity index is 2.00. The zero-order chi connectivity index (χ0) is 11.5. The van der Waals surface area contributed by atoms with Crippen LogP contribution in [0, 0.1) is 10.1 Å². The number of nitrogens with one attached hydrogen (secondary N) is 2. The quantitative estimate of drug-likeness (QED) is 0.594. The van der Waals surface area contributed by atoms with Crippen LogP contribution in [0.2, 0.25) is 0 Å². The molecule has 16 heavy (non-hydrogen) atoms. The van der Waals surface area contributed by atoms with Crippen LogP contribution in [-0.4, -0.2) is 17.0 Å². The zero-order valence-corrected chi connectivity index (χ0v) is 8.47. The largest absolute Gasteiger partial charge is 0.365 e. The maximum atomic E-state index is 10.9. The number of nitro groups is 1. The van der Waals surface area contributed by atoms with E-state index in [9.17, 15) is 14.9 Å². The minimum atomic E-state index is -0.443. The van der Waals surface area contributed by atoms with Gasteiger partial charge in [0.1, 0.15) is 0 Å². The molecule has 1 aliphatic rings. The number of benzene rings is 1. The number of amides is 1. The van der Waals surface area contributed by atoms with Crippen molar-refractivity contribution in [2.24, 2.45) is 0 Å². The summed E-state index contributed by atoms with van der Waals surface area (Å²) in [5, 5.41) is 16.3.